The number of unbranched alkanes of at least 4 members (excludes halogenated alkanes) is 2. The highest BCUT2D eigenvalue weighted by Crippen LogP contribution is 2.20. The van der Waals surface area contributed by atoms with Crippen molar-refractivity contribution in [1.82, 2.24) is 29.7 Å². The van der Waals surface area contributed by atoms with Crippen LogP contribution in [0, 0.1) is 13.8 Å². The quantitative estimate of drug-likeness (QED) is 0.492. The molecule has 9 nitrogen and oxygen atoms in total. The van der Waals surface area contributed by atoms with Gasteiger partial charge in [0.05, 0.1) is 24.6 Å². The van der Waals surface area contributed by atoms with E-state index in [9.17, 15) is 0 Å². The van der Waals surface area contributed by atoms with Gasteiger partial charge in [-0.3, -0.25) is 4.90 Å². The second-order valence-corrected chi connectivity index (χ2v) is 8.49. The Hall–Kier alpha value is -2.10. The summed E-state index contributed by atoms with van der Waals surface area (Å²) in [5, 5.41) is 6.85. The van der Waals surface area contributed by atoms with Crippen LogP contribution in [0.4, 0.5) is 11.8 Å². The molecular formula is C22H38N8O. The molecule has 1 fully saturated rings. The SMILES string of the molecule is Cc1nc2nc(NCCCCN(C)C)nc(NCCCCN3CCOCC3)c2nc1C. The summed E-state index contributed by atoms with van der Waals surface area (Å²) in [5.74, 6) is 1.38. The summed E-state index contributed by atoms with van der Waals surface area (Å²) in [6, 6.07) is 0. The van der Waals surface area contributed by atoms with Crippen LogP contribution >= 0.6 is 0 Å². The summed E-state index contributed by atoms with van der Waals surface area (Å²) < 4.78 is 5.42. The maximum absolute atomic E-state index is 5.42. The number of ether oxygens (including phenoxy) is 1. The summed E-state index contributed by atoms with van der Waals surface area (Å²) in [6.45, 7) is 11.6. The van der Waals surface area contributed by atoms with Crippen molar-refractivity contribution in [3.05, 3.63) is 11.4 Å². The number of morpholine rings is 1. The molecule has 0 bridgehead atoms. The lowest BCUT2D eigenvalue weighted by Gasteiger charge is -2.26. The van der Waals surface area contributed by atoms with Crippen LogP contribution in [0.15, 0.2) is 0 Å². The largest absolute Gasteiger partial charge is 0.379 e. The van der Waals surface area contributed by atoms with Crippen molar-refractivity contribution in [2.45, 2.75) is 39.5 Å². The molecule has 0 radical (unpaired) electrons. The second kappa shape index (κ2) is 12.1. The average Bonchev–Trinajstić information content (AvgIpc) is 2.75. The standard InChI is InChI=1S/C22H38N8O/c1-17-18(2)26-21-19(25-17)20(23-9-6-8-12-30-13-15-31-16-14-30)27-22(28-21)24-10-5-7-11-29(3)4/h5-16H2,1-4H3,(H2,23,24,26,27,28). The van der Waals surface area contributed by atoms with Crippen molar-refractivity contribution < 1.29 is 4.74 Å². The topological polar surface area (TPSA) is 91.3 Å². The van der Waals surface area contributed by atoms with E-state index in [0.717, 1.165) is 101 Å². The van der Waals surface area contributed by atoms with Crippen molar-refractivity contribution >= 4 is 22.9 Å². The first-order valence-corrected chi connectivity index (χ1v) is 11.5. The van der Waals surface area contributed by atoms with Gasteiger partial charge in [-0.1, -0.05) is 0 Å². The van der Waals surface area contributed by atoms with Gasteiger partial charge in [0.1, 0.15) is 0 Å². The zero-order valence-corrected chi connectivity index (χ0v) is 19.6. The van der Waals surface area contributed by atoms with E-state index in [4.69, 9.17) is 14.7 Å². The molecule has 0 spiro atoms. The molecule has 0 aliphatic carbocycles. The van der Waals surface area contributed by atoms with Gasteiger partial charge in [0.25, 0.3) is 0 Å². The number of aryl methyl sites for hydroxylation is 2. The molecule has 1 aliphatic heterocycles. The molecule has 3 heterocycles. The normalized spacial score (nSPS) is 15.0. The summed E-state index contributed by atoms with van der Waals surface area (Å²) in [5.41, 5.74) is 3.20. The van der Waals surface area contributed by atoms with Gasteiger partial charge in [0.15, 0.2) is 17.0 Å². The predicted octanol–water partition coefficient (Wildman–Crippen LogP) is 2.31. The molecule has 2 aromatic heterocycles. The Balaban J connectivity index is 1.58. The monoisotopic (exact) mass is 430 g/mol. The first kappa shape index (κ1) is 23.6. The molecule has 1 saturated heterocycles. The average molecular weight is 431 g/mol. The van der Waals surface area contributed by atoms with Gasteiger partial charge < -0.3 is 20.3 Å². The molecule has 3 rings (SSSR count). The second-order valence-electron chi connectivity index (χ2n) is 8.49. The van der Waals surface area contributed by atoms with Crippen molar-refractivity contribution in [2.75, 3.05) is 77.2 Å². The van der Waals surface area contributed by atoms with Gasteiger partial charge in [0.2, 0.25) is 5.95 Å². The third-order valence-electron chi connectivity index (χ3n) is 5.55. The van der Waals surface area contributed by atoms with E-state index in [-0.39, 0.29) is 0 Å². The molecule has 0 saturated carbocycles. The molecule has 0 unspecified atom stereocenters. The highest BCUT2D eigenvalue weighted by molar-refractivity contribution is 5.83. The zero-order chi connectivity index (χ0) is 22.1. The van der Waals surface area contributed by atoms with E-state index >= 15 is 0 Å². The Morgan fingerprint density at radius 2 is 1.58 bits per heavy atom. The van der Waals surface area contributed by atoms with Crippen LogP contribution in [-0.2, 0) is 4.74 Å². The fourth-order valence-corrected chi connectivity index (χ4v) is 3.56. The smallest absolute Gasteiger partial charge is 0.226 e. The van der Waals surface area contributed by atoms with Gasteiger partial charge in [-0.05, 0) is 66.7 Å². The van der Waals surface area contributed by atoms with Gasteiger partial charge in [-0.25, -0.2) is 9.97 Å². The number of rotatable bonds is 12. The number of anilines is 2. The minimum Gasteiger partial charge on any atom is -0.379 e. The Morgan fingerprint density at radius 3 is 2.35 bits per heavy atom. The lowest BCUT2D eigenvalue weighted by atomic mass is 10.2. The van der Waals surface area contributed by atoms with E-state index in [1.165, 1.54) is 0 Å². The molecule has 2 N–H and O–H groups in total. The Kier molecular flexibility index (Phi) is 9.17. The van der Waals surface area contributed by atoms with E-state index in [0.29, 0.717) is 11.6 Å². The minimum absolute atomic E-state index is 0.616. The van der Waals surface area contributed by atoms with Crippen molar-refractivity contribution in [3.63, 3.8) is 0 Å². The predicted molar refractivity (Wildman–Crippen MR) is 126 cm³/mol. The molecule has 0 aromatic carbocycles. The van der Waals surface area contributed by atoms with Crippen LogP contribution in [-0.4, -0.2) is 96.3 Å². The molecule has 2 aromatic rings. The Morgan fingerprint density at radius 1 is 0.871 bits per heavy atom. The zero-order valence-electron chi connectivity index (χ0n) is 19.6. The first-order valence-electron chi connectivity index (χ1n) is 11.5. The van der Waals surface area contributed by atoms with E-state index in [1.54, 1.807) is 0 Å². The summed E-state index contributed by atoms with van der Waals surface area (Å²) >= 11 is 0. The first-order chi connectivity index (χ1) is 15.0. The number of fused-ring (bicyclic) bond motifs is 1. The number of nitrogens with one attached hydrogen (secondary N) is 2. The maximum atomic E-state index is 5.42. The van der Waals surface area contributed by atoms with Gasteiger partial charge in [-0.2, -0.15) is 9.97 Å². The lowest BCUT2D eigenvalue weighted by molar-refractivity contribution is 0.0373. The van der Waals surface area contributed by atoms with Crippen LogP contribution in [0.5, 0.6) is 0 Å². The summed E-state index contributed by atoms with van der Waals surface area (Å²) in [4.78, 5) is 23.4. The maximum Gasteiger partial charge on any atom is 0.226 e. The third-order valence-corrected chi connectivity index (χ3v) is 5.55. The summed E-state index contributed by atoms with van der Waals surface area (Å²) in [6.07, 6.45) is 4.44. The number of nitrogens with zero attached hydrogens (tertiary/aromatic N) is 6. The third kappa shape index (κ3) is 7.52. The van der Waals surface area contributed by atoms with Crippen molar-refractivity contribution in [2.24, 2.45) is 0 Å². The number of hydrogen-bond acceptors (Lipinski definition) is 9. The molecule has 172 valence electrons. The van der Waals surface area contributed by atoms with Gasteiger partial charge in [-0.15, -0.1) is 0 Å². The fraction of sp³-hybridized carbons (Fsp3) is 0.727. The van der Waals surface area contributed by atoms with E-state index < -0.39 is 0 Å². The highest BCUT2D eigenvalue weighted by atomic mass is 16.5. The Bertz CT molecular complexity index is 823. The molecule has 1 aliphatic rings. The van der Waals surface area contributed by atoms with Crippen LogP contribution in [0.2, 0.25) is 0 Å². The summed E-state index contributed by atoms with van der Waals surface area (Å²) in [7, 11) is 4.20. The highest BCUT2D eigenvalue weighted by Gasteiger charge is 2.13. The molecule has 0 atom stereocenters. The molecular weight excluding hydrogens is 392 g/mol. The number of aromatic nitrogens is 4. The van der Waals surface area contributed by atoms with Gasteiger partial charge >= 0.3 is 0 Å². The van der Waals surface area contributed by atoms with Crippen LogP contribution in [0.3, 0.4) is 0 Å². The van der Waals surface area contributed by atoms with Crippen LogP contribution < -0.4 is 10.6 Å². The van der Waals surface area contributed by atoms with Gasteiger partial charge in [0, 0.05) is 26.2 Å². The molecule has 9 heteroatoms. The van der Waals surface area contributed by atoms with Crippen molar-refractivity contribution in [1.29, 1.82) is 0 Å². The molecule has 31 heavy (non-hydrogen) atoms. The Labute approximate surface area is 186 Å². The lowest BCUT2D eigenvalue weighted by Crippen LogP contribution is -2.36. The fourth-order valence-electron chi connectivity index (χ4n) is 3.56. The number of hydrogen-bond donors (Lipinski definition) is 2. The van der Waals surface area contributed by atoms with E-state index in [1.807, 2.05) is 13.8 Å². The minimum atomic E-state index is 0.616. The van der Waals surface area contributed by atoms with Crippen LogP contribution in [0.25, 0.3) is 11.2 Å². The van der Waals surface area contributed by atoms with Crippen LogP contribution in [0.1, 0.15) is 37.1 Å². The molecule has 0 amide bonds. The van der Waals surface area contributed by atoms with E-state index in [2.05, 4.69) is 44.5 Å². The van der Waals surface area contributed by atoms with Crippen molar-refractivity contribution in [3.8, 4) is 0 Å².